The summed E-state index contributed by atoms with van der Waals surface area (Å²) in [5, 5.41) is 26.6. The molecule has 3 amide bonds. The molecule has 8 N–H and O–H groups in total. The van der Waals surface area contributed by atoms with Crippen molar-refractivity contribution in [2.24, 2.45) is 17.6 Å². The Morgan fingerprint density at radius 1 is 0.921 bits per heavy atom. The molecular formula is C26H37N5O7. The van der Waals surface area contributed by atoms with Gasteiger partial charge in [0.05, 0.1) is 12.5 Å². The molecular weight excluding hydrogens is 494 g/mol. The third kappa shape index (κ3) is 8.04. The fourth-order valence-electron chi connectivity index (χ4n) is 4.01. The van der Waals surface area contributed by atoms with Crippen LogP contribution in [0.25, 0.3) is 10.9 Å². The molecule has 5 unspecified atom stereocenters. The molecule has 38 heavy (non-hydrogen) atoms. The molecule has 0 saturated heterocycles. The maximum Gasteiger partial charge on any atom is 0.326 e. The van der Waals surface area contributed by atoms with Crippen LogP contribution in [0.4, 0.5) is 0 Å². The van der Waals surface area contributed by atoms with Crippen molar-refractivity contribution in [3.05, 3.63) is 36.0 Å². The lowest BCUT2D eigenvalue weighted by Gasteiger charge is -2.29. The van der Waals surface area contributed by atoms with E-state index in [2.05, 4.69) is 20.9 Å². The summed E-state index contributed by atoms with van der Waals surface area (Å²) in [6, 6.07) is 2.83. The molecule has 0 aliphatic heterocycles. The highest BCUT2D eigenvalue weighted by atomic mass is 16.4. The van der Waals surface area contributed by atoms with Crippen molar-refractivity contribution in [1.82, 2.24) is 20.9 Å². The van der Waals surface area contributed by atoms with Crippen molar-refractivity contribution in [3.63, 3.8) is 0 Å². The first-order valence-electron chi connectivity index (χ1n) is 12.5. The number of para-hydroxylation sites is 1. The summed E-state index contributed by atoms with van der Waals surface area (Å²) in [5.74, 6) is -5.69. The van der Waals surface area contributed by atoms with Crippen molar-refractivity contribution in [3.8, 4) is 0 Å². The Morgan fingerprint density at radius 2 is 1.53 bits per heavy atom. The second-order valence-electron chi connectivity index (χ2n) is 9.77. The van der Waals surface area contributed by atoms with Gasteiger partial charge in [0.1, 0.15) is 18.1 Å². The number of carbonyl (C=O) groups is 5. The monoisotopic (exact) mass is 531 g/mol. The summed E-state index contributed by atoms with van der Waals surface area (Å²) >= 11 is 0. The van der Waals surface area contributed by atoms with Gasteiger partial charge >= 0.3 is 11.9 Å². The second-order valence-corrected chi connectivity index (χ2v) is 9.77. The topological polar surface area (TPSA) is 204 Å². The van der Waals surface area contributed by atoms with Crippen LogP contribution in [0.15, 0.2) is 30.5 Å². The third-order valence-corrected chi connectivity index (χ3v) is 6.48. The number of amides is 3. The van der Waals surface area contributed by atoms with E-state index in [1.165, 1.54) is 0 Å². The molecule has 0 aliphatic carbocycles. The van der Waals surface area contributed by atoms with Crippen LogP contribution in [0.1, 0.15) is 46.1 Å². The zero-order chi connectivity index (χ0) is 28.6. The van der Waals surface area contributed by atoms with E-state index in [1.54, 1.807) is 33.9 Å². The van der Waals surface area contributed by atoms with Gasteiger partial charge in [0, 0.05) is 17.1 Å². The fourth-order valence-corrected chi connectivity index (χ4v) is 4.01. The molecule has 12 nitrogen and oxygen atoms in total. The van der Waals surface area contributed by atoms with Crippen molar-refractivity contribution in [2.45, 2.75) is 71.1 Å². The summed E-state index contributed by atoms with van der Waals surface area (Å²) in [7, 11) is 0. The molecule has 1 heterocycles. The fraction of sp³-hybridized carbons (Fsp3) is 0.500. The minimum absolute atomic E-state index is 0.236. The number of nitrogens with one attached hydrogen (secondary N) is 4. The van der Waals surface area contributed by atoms with Crippen molar-refractivity contribution >= 4 is 40.6 Å². The Kier molecular flexibility index (Phi) is 10.8. The molecule has 0 saturated carbocycles. The summed E-state index contributed by atoms with van der Waals surface area (Å²) < 4.78 is 0. The van der Waals surface area contributed by atoms with Crippen LogP contribution in [-0.2, 0) is 30.4 Å². The SMILES string of the molecule is CCC(C)C(NC(=O)C(NC(=O)C(N)Cc1c[nH]c2ccccc12)C(C)C)C(=O)NC(CC(=O)O)C(=O)O. The average Bonchev–Trinajstić information content (AvgIpc) is 3.26. The van der Waals surface area contributed by atoms with Crippen LogP contribution in [0.5, 0.6) is 0 Å². The van der Waals surface area contributed by atoms with Crippen LogP contribution in [0.2, 0.25) is 0 Å². The molecule has 2 aromatic rings. The summed E-state index contributed by atoms with van der Waals surface area (Å²) in [6.45, 7) is 6.93. The van der Waals surface area contributed by atoms with E-state index in [-0.39, 0.29) is 12.3 Å². The number of aromatic nitrogens is 1. The summed E-state index contributed by atoms with van der Waals surface area (Å²) in [6.07, 6.45) is 1.67. The lowest BCUT2D eigenvalue weighted by molar-refractivity contribution is -0.147. The van der Waals surface area contributed by atoms with Gasteiger partial charge in [0.15, 0.2) is 0 Å². The number of benzene rings is 1. The van der Waals surface area contributed by atoms with E-state index in [4.69, 9.17) is 10.8 Å². The summed E-state index contributed by atoms with van der Waals surface area (Å²) in [5.41, 5.74) is 7.94. The highest BCUT2D eigenvalue weighted by molar-refractivity contribution is 5.95. The third-order valence-electron chi connectivity index (χ3n) is 6.48. The van der Waals surface area contributed by atoms with Gasteiger partial charge in [-0.05, 0) is 29.9 Å². The molecule has 5 atom stereocenters. The highest BCUT2D eigenvalue weighted by Gasteiger charge is 2.34. The van der Waals surface area contributed by atoms with E-state index in [1.807, 2.05) is 24.3 Å². The highest BCUT2D eigenvalue weighted by Crippen LogP contribution is 2.19. The van der Waals surface area contributed by atoms with Crippen molar-refractivity contribution < 1.29 is 34.2 Å². The first-order valence-corrected chi connectivity index (χ1v) is 12.5. The Morgan fingerprint density at radius 3 is 2.11 bits per heavy atom. The van der Waals surface area contributed by atoms with Crippen LogP contribution in [0.3, 0.4) is 0 Å². The Balaban J connectivity index is 2.12. The number of rotatable bonds is 14. The van der Waals surface area contributed by atoms with Crippen LogP contribution in [-0.4, -0.2) is 69.0 Å². The first kappa shape index (κ1) is 30.3. The standard InChI is InChI=1S/C26H37N5O7/c1-5-14(4)22(25(36)29-19(26(37)38)11-20(32)33)31-24(35)21(13(2)3)30-23(34)17(27)10-15-12-28-18-9-7-6-8-16(15)18/h6-9,12-14,17,19,21-22,28H,5,10-11,27H2,1-4H3,(H,29,36)(H,30,34)(H,31,35)(H,32,33)(H,37,38). The van der Waals surface area contributed by atoms with Crippen molar-refractivity contribution in [2.75, 3.05) is 0 Å². The van der Waals surface area contributed by atoms with E-state index >= 15 is 0 Å². The largest absolute Gasteiger partial charge is 0.481 e. The molecule has 1 aromatic carbocycles. The van der Waals surface area contributed by atoms with E-state index in [0.29, 0.717) is 6.42 Å². The number of carbonyl (C=O) groups excluding carboxylic acids is 3. The van der Waals surface area contributed by atoms with Gasteiger partial charge in [-0.25, -0.2) is 4.79 Å². The maximum atomic E-state index is 13.2. The number of carboxylic acids is 2. The molecule has 1 aromatic heterocycles. The quantitative estimate of drug-likeness (QED) is 0.185. The Labute approximate surface area is 220 Å². The van der Waals surface area contributed by atoms with Crippen LogP contribution >= 0.6 is 0 Å². The molecule has 2 rings (SSSR count). The first-order chi connectivity index (χ1) is 17.8. The van der Waals surface area contributed by atoms with Gasteiger partial charge in [-0.1, -0.05) is 52.3 Å². The zero-order valence-corrected chi connectivity index (χ0v) is 22.0. The van der Waals surface area contributed by atoms with Crippen LogP contribution < -0.4 is 21.7 Å². The second kappa shape index (κ2) is 13.6. The van der Waals surface area contributed by atoms with Gasteiger partial charge in [0.25, 0.3) is 0 Å². The van der Waals surface area contributed by atoms with Crippen molar-refractivity contribution in [1.29, 1.82) is 0 Å². The molecule has 0 aliphatic rings. The number of H-pyrrole nitrogens is 1. The molecule has 208 valence electrons. The summed E-state index contributed by atoms with van der Waals surface area (Å²) in [4.78, 5) is 64.5. The zero-order valence-electron chi connectivity index (χ0n) is 22.0. The molecule has 12 heteroatoms. The van der Waals surface area contributed by atoms with E-state index in [9.17, 15) is 29.1 Å². The Hall–Kier alpha value is -3.93. The van der Waals surface area contributed by atoms with Gasteiger partial charge in [-0.3, -0.25) is 19.2 Å². The molecule has 0 fully saturated rings. The van der Waals surface area contributed by atoms with Gasteiger partial charge in [-0.15, -0.1) is 0 Å². The van der Waals surface area contributed by atoms with Gasteiger partial charge in [0.2, 0.25) is 17.7 Å². The smallest absolute Gasteiger partial charge is 0.326 e. The number of aliphatic carboxylic acids is 2. The lowest BCUT2D eigenvalue weighted by Crippen LogP contribution is -2.60. The number of aromatic amines is 1. The molecule has 0 bridgehead atoms. The minimum atomic E-state index is -1.66. The number of fused-ring (bicyclic) bond motifs is 1. The van der Waals surface area contributed by atoms with Crippen LogP contribution in [0, 0.1) is 11.8 Å². The predicted octanol–water partition coefficient (Wildman–Crippen LogP) is 0.754. The lowest BCUT2D eigenvalue weighted by atomic mass is 9.95. The average molecular weight is 532 g/mol. The normalized spacial score (nSPS) is 15.2. The number of hydrogen-bond donors (Lipinski definition) is 7. The van der Waals surface area contributed by atoms with E-state index in [0.717, 1.165) is 16.5 Å². The van der Waals surface area contributed by atoms with Gasteiger partial charge < -0.3 is 36.9 Å². The van der Waals surface area contributed by atoms with Gasteiger partial charge in [-0.2, -0.15) is 0 Å². The number of nitrogens with two attached hydrogens (primary N) is 1. The number of carboxylic acid groups (broad SMARTS) is 2. The maximum absolute atomic E-state index is 13.2. The minimum Gasteiger partial charge on any atom is -0.481 e. The Bertz CT molecular complexity index is 1160. The van der Waals surface area contributed by atoms with E-state index < -0.39 is 66.2 Å². The molecule has 0 spiro atoms. The number of hydrogen-bond acceptors (Lipinski definition) is 6. The molecule has 0 radical (unpaired) electrons. The predicted molar refractivity (Wildman–Crippen MR) is 140 cm³/mol.